The summed E-state index contributed by atoms with van der Waals surface area (Å²) in [5.74, 6) is 1.66. The molecule has 3 heterocycles. The van der Waals surface area contributed by atoms with Gasteiger partial charge in [0.2, 0.25) is 0 Å². The van der Waals surface area contributed by atoms with Gasteiger partial charge >= 0.3 is 0 Å². The molecule has 0 spiro atoms. The number of nitrogens with zero attached hydrogens (tertiary/aromatic N) is 6. The lowest BCUT2D eigenvalue weighted by atomic mass is 9.90. The van der Waals surface area contributed by atoms with E-state index in [9.17, 15) is 0 Å². The van der Waals surface area contributed by atoms with E-state index in [1.807, 2.05) is 37.5 Å². The van der Waals surface area contributed by atoms with Crippen molar-refractivity contribution in [2.24, 2.45) is 0 Å². The van der Waals surface area contributed by atoms with Crippen molar-refractivity contribution in [1.29, 1.82) is 0 Å². The Kier molecular flexibility index (Phi) is 3.25. The first-order valence-electron chi connectivity index (χ1n) is 7.76. The van der Waals surface area contributed by atoms with Gasteiger partial charge in [0.05, 0.1) is 12.1 Å². The first-order valence-corrected chi connectivity index (χ1v) is 7.76. The van der Waals surface area contributed by atoms with Crippen molar-refractivity contribution in [3.8, 4) is 0 Å². The molecular formula is C15H19N7. The minimum absolute atomic E-state index is 0.343. The molecule has 1 aliphatic rings. The first kappa shape index (κ1) is 13.2. The van der Waals surface area contributed by atoms with Crippen LogP contribution in [0.25, 0.3) is 5.65 Å². The second-order valence-corrected chi connectivity index (χ2v) is 5.82. The molecule has 1 saturated carbocycles. The summed E-state index contributed by atoms with van der Waals surface area (Å²) in [6.45, 7) is 1.91. The van der Waals surface area contributed by atoms with Gasteiger partial charge in [-0.3, -0.25) is 4.68 Å². The Labute approximate surface area is 128 Å². The normalized spacial score (nSPS) is 22.0. The number of fused-ring (bicyclic) bond motifs is 1. The van der Waals surface area contributed by atoms with E-state index in [1.165, 1.54) is 12.8 Å². The van der Waals surface area contributed by atoms with Crippen LogP contribution in [0.15, 0.2) is 30.6 Å². The van der Waals surface area contributed by atoms with E-state index >= 15 is 0 Å². The van der Waals surface area contributed by atoms with E-state index < -0.39 is 0 Å². The van der Waals surface area contributed by atoms with Gasteiger partial charge in [0.25, 0.3) is 0 Å². The fourth-order valence-corrected chi connectivity index (χ4v) is 3.24. The molecule has 0 radical (unpaired) electrons. The van der Waals surface area contributed by atoms with Crippen LogP contribution in [-0.2, 0) is 0 Å². The standard InChI is InChI=1S/C15H19N7/c1-11-18-19-15-8-7-14(20-22(11)15)17-12-5-2-3-6-13(12)21-10-4-9-16-21/h4,7-10,12-13H,2-3,5-6H2,1H3,(H,17,20)/t12-,13+/m1/s1. The van der Waals surface area contributed by atoms with Crippen molar-refractivity contribution in [3.05, 3.63) is 36.4 Å². The predicted molar refractivity (Wildman–Crippen MR) is 82.7 cm³/mol. The van der Waals surface area contributed by atoms with Crippen LogP contribution in [0.4, 0.5) is 5.82 Å². The number of nitrogens with one attached hydrogen (secondary N) is 1. The van der Waals surface area contributed by atoms with Gasteiger partial charge in [0.1, 0.15) is 5.82 Å². The summed E-state index contributed by atoms with van der Waals surface area (Å²) in [5.41, 5.74) is 0.773. The summed E-state index contributed by atoms with van der Waals surface area (Å²) in [6.07, 6.45) is 8.66. The topological polar surface area (TPSA) is 72.9 Å². The minimum atomic E-state index is 0.343. The second-order valence-electron chi connectivity index (χ2n) is 5.82. The van der Waals surface area contributed by atoms with Crippen molar-refractivity contribution >= 4 is 11.5 Å². The number of rotatable bonds is 3. The molecule has 7 heteroatoms. The molecule has 1 fully saturated rings. The lowest BCUT2D eigenvalue weighted by Gasteiger charge is -2.32. The maximum absolute atomic E-state index is 4.60. The minimum Gasteiger partial charge on any atom is -0.364 e. The maximum atomic E-state index is 4.60. The number of hydrogen-bond donors (Lipinski definition) is 1. The zero-order chi connectivity index (χ0) is 14.9. The second kappa shape index (κ2) is 5.40. The Balaban J connectivity index is 1.60. The molecule has 3 aromatic rings. The van der Waals surface area contributed by atoms with Crippen LogP contribution in [0.1, 0.15) is 37.5 Å². The smallest absolute Gasteiger partial charge is 0.178 e. The Morgan fingerprint density at radius 1 is 1.18 bits per heavy atom. The van der Waals surface area contributed by atoms with Crippen LogP contribution in [0.5, 0.6) is 0 Å². The van der Waals surface area contributed by atoms with Gasteiger partial charge < -0.3 is 5.32 Å². The Morgan fingerprint density at radius 3 is 2.95 bits per heavy atom. The van der Waals surface area contributed by atoms with E-state index in [0.717, 1.165) is 30.1 Å². The molecule has 7 nitrogen and oxygen atoms in total. The fraction of sp³-hybridized carbons (Fsp3) is 0.467. The molecule has 114 valence electrons. The van der Waals surface area contributed by atoms with Gasteiger partial charge in [0.15, 0.2) is 11.5 Å². The highest BCUT2D eigenvalue weighted by Gasteiger charge is 2.27. The molecule has 0 aromatic carbocycles. The molecule has 0 aliphatic heterocycles. The van der Waals surface area contributed by atoms with Gasteiger partial charge in [-0.2, -0.15) is 9.61 Å². The highest BCUT2D eigenvalue weighted by molar-refractivity contribution is 5.44. The van der Waals surface area contributed by atoms with Crippen LogP contribution in [0, 0.1) is 6.92 Å². The monoisotopic (exact) mass is 297 g/mol. The van der Waals surface area contributed by atoms with E-state index in [-0.39, 0.29) is 0 Å². The number of hydrogen-bond acceptors (Lipinski definition) is 5. The molecule has 0 amide bonds. The quantitative estimate of drug-likeness (QED) is 0.802. The molecule has 3 aromatic heterocycles. The van der Waals surface area contributed by atoms with Gasteiger partial charge in [-0.1, -0.05) is 12.8 Å². The molecule has 1 N–H and O–H groups in total. The van der Waals surface area contributed by atoms with Crippen LogP contribution in [0.3, 0.4) is 0 Å². The third-order valence-electron chi connectivity index (χ3n) is 4.35. The number of aromatic nitrogens is 6. The average molecular weight is 297 g/mol. The van der Waals surface area contributed by atoms with Crippen molar-refractivity contribution in [3.63, 3.8) is 0 Å². The van der Waals surface area contributed by atoms with E-state index in [2.05, 4.69) is 30.4 Å². The highest BCUT2D eigenvalue weighted by atomic mass is 15.4. The van der Waals surface area contributed by atoms with Crippen LogP contribution in [0.2, 0.25) is 0 Å². The van der Waals surface area contributed by atoms with Gasteiger partial charge in [-0.25, -0.2) is 0 Å². The maximum Gasteiger partial charge on any atom is 0.178 e. The van der Waals surface area contributed by atoms with Crippen LogP contribution < -0.4 is 5.32 Å². The third-order valence-corrected chi connectivity index (χ3v) is 4.35. The lowest BCUT2D eigenvalue weighted by molar-refractivity contribution is 0.300. The zero-order valence-electron chi connectivity index (χ0n) is 12.6. The summed E-state index contributed by atoms with van der Waals surface area (Å²) < 4.78 is 3.84. The molecule has 0 bridgehead atoms. The SMILES string of the molecule is Cc1nnc2ccc(N[C@@H]3CCCC[C@@H]3n3cccn3)nn12. The Morgan fingerprint density at radius 2 is 2.09 bits per heavy atom. The molecule has 2 atom stereocenters. The summed E-state index contributed by atoms with van der Waals surface area (Å²) in [5, 5.41) is 20.7. The first-order chi connectivity index (χ1) is 10.8. The molecule has 1 aliphatic carbocycles. The Bertz CT molecular complexity index is 761. The van der Waals surface area contributed by atoms with Crippen LogP contribution in [-0.4, -0.2) is 35.6 Å². The Hall–Kier alpha value is -2.44. The predicted octanol–water partition coefficient (Wildman–Crippen LogP) is 2.23. The van der Waals surface area contributed by atoms with Gasteiger partial charge in [0, 0.05) is 12.4 Å². The molecule has 0 saturated heterocycles. The van der Waals surface area contributed by atoms with Crippen LogP contribution >= 0.6 is 0 Å². The fourth-order valence-electron chi connectivity index (χ4n) is 3.24. The van der Waals surface area contributed by atoms with E-state index in [4.69, 9.17) is 0 Å². The molecule has 4 rings (SSSR count). The lowest BCUT2D eigenvalue weighted by Crippen LogP contribution is -2.34. The largest absolute Gasteiger partial charge is 0.364 e. The van der Waals surface area contributed by atoms with Gasteiger partial charge in [-0.15, -0.1) is 15.3 Å². The third kappa shape index (κ3) is 2.32. The van der Waals surface area contributed by atoms with Crippen molar-refractivity contribution in [2.45, 2.75) is 44.7 Å². The summed E-state index contributed by atoms with van der Waals surface area (Å²) in [4.78, 5) is 0. The van der Waals surface area contributed by atoms with Crippen molar-refractivity contribution in [1.82, 2.24) is 29.6 Å². The van der Waals surface area contributed by atoms with Crippen molar-refractivity contribution in [2.75, 3.05) is 5.32 Å². The molecule has 0 unspecified atom stereocenters. The molecule has 22 heavy (non-hydrogen) atoms. The summed E-state index contributed by atoms with van der Waals surface area (Å²) in [6, 6.07) is 6.62. The zero-order valence-corrected chi connectivity index (χ0v) is 12.6. The summed E-state index contributed by atoms with van der Waals surface area (Å²) in [7, 11) is 0. The average Bonchev–Trinajstić information content (AvgIpc) is 3.19. The number of anilines is 1. The molecular weight excluding hydrogens is 278 g/mol. The van der Waals surface area contributed by atoms with E-state index in [0.29, 0.717) is 12.1 Å². The van der Waals surface area contributed by atoms with Crippen molar-refractivity contribution < 1.29 is 0 Å². The highest BCUT2D eigenvalue weighted by Crippen LogP contribution is 2.30. The summed E-state index contributed by atoms with van der Waals surface area (Å²) >= 11 is 0. The number of aryl methyl sites for hydroxylation is 1. The van der Waals surface area contributed by atoms with E-state index in [1.54, 1.807) is 4.52 Å². The van der Waals surface area contributed by atoms with Gasteiger partial charge in [-0.05, 0) is 38.0 Å².